The molecule has 0 bridgehead atoms. The van der Waals surface area contributed by atoms with Crippen molar-refractivity contribution in [1.82, 2.24) is 5.32 Å². The summed E-state index contributed by atoms with van der Waals surface area (Å²) in [5.74, 6) is -0.385. The number of carbonyl (C=O) groups excluding carboxylic acids is 2. The number of ether oxygens (including phenoxy) is 2. The number of hydrogen-bond donors (Lipinski definition) is 2. The van der Waals surface area contributed by atoms with Gasteiger partial charge in [0.25, 0.3) is 0 Å². The largest absolute Gasteiger partial charge is 0.459 e. The summed E-state index contributed by atoms with van der Waals surface area (Å²) in [4.78, 5) is 23.5. The summed E-state index contributed by atoms with van der Waals surface area (Å²) in [5.41, 5.74) is 2.25. The molecule has 0 saturated carbocycles. The SMILES string of the molecule is CCC(O)CC(C)OC(=O)NCCC(=O)OCC[n+]1ccc(-c2cc[n+](C)cc2)cc1. The van der Waals surface area contributed by atoms with Gasteiger partial charge in [-0.15, -0.1) is 0 Å². The third-order valence-corrected chi connectivity index (χ3v) is 4.80. The van der Waals surface area contributed by atoms with Crippen LogP contribution in [-0.4, -0.2) is 42.5 Å². The van der Waals surface area contributed by atoms with Crippen LogP contribution in [0.15, 0.2) is 49.1 Å². The molecule has 0 aliphatic carbocycles. The van der Waals surface area contributed by atoms with Gasteiger partial charge in [0, 0.05) is 37.2 Å². The molecule has 2 aromatic heterocycles. The number of nitrogens with zero attached hydrogens (tertiary/aromatic N) is 2. The summed E-state index contributed by atoms with van der Waals surface area (Å²) in [6.45, 7) is 4.51. The zero-order chi connectivity index (χ0) is 22.6. The van der Waals surface area contributed by atoms with Gasteiger partial charge in [-0.25, -0.2) is 13.9 Å². The number of alkyl carbamates (subject to hydrolysis) is 1. The first-order valence-electron chi connectivity index (χ1n) is 10.6. The lowest BCUT2D eigenvalue weighted by Gasteiger charge is -2.16. The van der Waals surface area contributed by atoms with Gasteiger partial charge in [0.2, 0.25) is 0 Å². The number of aliphatic hydroxyl groups excluding tert-OH is 1. The monoisotopic (exact) mass is 431 g/mol. The highest BCUT2D eigenvalue weighted by Gasteiger charge is 2.14. The smallest absolute Gasteiger partial charge is 0.407 e. The molecule has 31 heavy (non-hydrogen) atoms. The zero-order valence-electron chi connectivity index (χ0n) is 18.5. The third-order valence-electron chi connectivity index (χ3n) is 4.80. The van der Waals surface area contributed by atoms with E-state index in [2.05, 4.69) is 17.4 Å². The molecule has 168 valence electrons. The van der Waals surface area contributed by atoms with Crippen molar-refractivity contribution < 1.29 is 33.3 Å². The van der Waals surface area contributed by atoms with Crippen LogP contribution in [0.1, 0.15) is 33.1 Å². The van der Waals surface area contributed by atoms with Crippen molar-refractivity contribution in [3.05, 3.63) is 49.1 Å². The maximum Gasteiger partial charge on any atom is 0.407 e. The number of aliphatic hydroxyl groups is 1. The van der Waals surface area contributed by atoms with E-state index >= 15 is 0 Å². The van der Waals surface area contributed by atoms with Gasteiger partial charge < -0.3 is 19.9 Å². The first-order valence-corrected chi connectivity index (χ1v) is 10.6. The van der Waals surface area contributed by atoms with E-state index in [1.54, 1.807) is 6.92 Å². The van der Waals surface area contributed by atoms with Crippen molar-refractivity contribution in [2.24, 2.45) is 7.05 Å². The quantitative estimate of drug-likeness (QED) is 0.417. The van der Waals surface area contributed by atoms with Crippen molar-refractivity contribution in [3.8, 4) is 11.1 Å². The van der Waals surface area contributed by atoms with Crippen LogP contribution in [-0.2, 0) is 27.9 Å². The van der Waals surface area contributed by atoms with E-state index in [0.29, 0.717) is 19.4 Å². The van der Waals surface area contributed by atoms with Gasteiger partial charge in [0.05, 0.1) is 12.5 Å². The van der Waals surface area contributed by atoms with Gasteiger partial charge in [-0.05, 0) is 24.5 Å². The Hall–Kier alpha value is -3.00. The molecule has 2 atom stereocenters. The summed E-state index contributed by atoms with van der Waals surface area (Å²) in [6, 6.07) is 8.15. The molecule has 0 aliphatic rings. The summed E-state index contributed by atoms with van der Waals surface area (Å²) < 4.78 is 14.3. The van der Waals surface area contributed by atoms with Crippen LogP contribution < -0.4 is 14.5 Å². The minimum absolute atomic E-state index is 0.0656. The number of esters is 1. The summed E-state index contributed by atoms with van der Waals surface area (Å²) in [5, 5.41) is 12.1. The van der Waals surface area contributed by atoms with Crippen LogP contribution in [0.25, 0.3) is 11.1 Å². The lowest BCUT2D eigenvalue weighted by molar-refractivity contribution is -0.697. The summed E-state index contributed by atoms with van der Waals surface area (Å²) in [7, 11) is 1.98. The van der Waals surface area contributed by atoms with E-state index in [9.17, 15) is 14.7 Å². The lowest BCUT2D eigenvalue weighted by atomic mass is 10.1. The second-order valence-electron chi connectivity index (χ2n) is 7.49. The highest BCUT2D eigenvalue weighted by molar-refractivity contribution is 5.71. The first kappa shape index (κ1) is 24.3. The van der Waals surface area contributed by atoms with Gasteiger partial charge in [0.1, 0.15) is 13.2 Å². The average Bonchev–Trinajstić information content (AvgIpc) is 2.74. The lowest BCUT2D eigenvalue weighted by Crippen LogP contribution is -2.36. The molecule has 2 unspecified atom stereocenters. The molecule has 0 saturated heterocycles. The maximum atomic E-state index is 11.8. The predicted octanol–water partition coefficient (Wildman–Crippen LogP) is 1.67. The molecule has 2 aromatic rings. The standard InChI is InChI=1S/C23H32N3O5/c1-4-21(27)17-18(2)31-23(29)24-10-5-22(28)30-16-15-26-13-8-20(9-14-26)19-6-11-25(3)12-7-19/h6-9,11-14,18,21,27H,4-5,10,15-17H2,1-3H3/q+1/p+1. The van der Waals surface area contributed by atoms with E-state index in [1.165, 1.54) is 0 Å². The van der Waals surface area contributed by atoms with Gasteiger partial charge in [0.15, 0.2) is 37.9 Å². The van der Waals surface area contributed by atoms with Crippen molar-refractivity contribution >= 4 is 12.1 Å². The molecule has 0 fully saturated rings. The molecular formula is C23H33N3O5+2. The maximum absolute atomic E-state index is 11.8. The van der Waals surface area contributed by atoms with Crippen LogP contribution in [0, 0.1) is 0 Å². The number of aromatic nitrogens is 2. The van der Waals surface area contributed by atoms with E-state index in [4.69, 9.17) is 9.47 Å². The Morgan fingerprint density at radius 3 is 2.32 bits per heavy atom. The molecule has 2 heterocycles. The topological polar surface area (TPSA) is 92.6 Å². The molecule has 2 N–H and O–H groups in total. The van der Waals surface area contributed by atoms with Gasteiger partial charge >= 0.3 is 12.1 Å². The van der Waals surface area contributed by atoms with E-state index in [1.807, 2.05) is 60.0 Å². The number of aryl methyl sites for hydroxylation is 1. The normalized spacial score (nSPS) is 12.6. The fourth-order valence-corrected chi connectivity index (χ4v) is 2.92. The second kappa shape index (κ2) is 12.6. The molecule has 0 aliphatic heterocycles. The Labute approximate surface area is 183 Å². The van der Waals surface area contributed by atoms with E-state index < -0.39 is 18.3 Å². The number of carbonyl (C=O) groups is 2. The first-order chi connectivity index (χ1) is 14.9. The highest BCUT2D eigenvalue weighted by atomic mass is 16.6. The molecule has 0 spiro atoms. The minimum Gasteiger partial charge on any atom is -0.459 e. The summed E-state index contributed by atoms with van der Waals surface area (Å²) in [6.07, 6.45) is 7.47. The number of amides is 1. The fraction of sp³-hybridized carbons (Fsp3) is 0.478. The van der Waals surface area contributed by atoms with Crippen LogP contribution in [0.2, 0.25) is 0 Å². The van der Waals surface area contributed by atoms with Gasteiger partial charge in [-0.1, -0.05) is 6.92 Å². The van der Waals surface area contributed by atoms with Gasteiger partial charge in [-0.3, -0.25) is 4.79 Å². The Kier molecular flexibility index (Phi) is 9.90. The van der Waals surface area contributed by atoms with Gasteiger partial charge in [-0.2, -0.15) is 0 Å². The Morgan fingerprint density at radius 2 is 1.71 bits per heavy atom. The number of hydrogen-bond acceptors (Lipinski definition) is 5. The van der Waals surface area contributed by atoms with Crippen molar-refractivity contribution in [2.75, 3.05) is 13.2 Å². The van der Waals surface area contributed by atoms with Crippen LogP contribution in [0.4, 0.5) is 4.79 Å². The van der Waals surface area contributed by atoms with Crippen molar-refractivity contribution in [1.29, 1.82) is 0 Å². The Morgan fingerprint density at radius 1 is 1.10 bits per heavy atom. The molecule has 0 radical (unpaired) electrons. The molecule has 2 rings (SSSR count). The average molecular weight is 432 g/mol. The minimum atomic E-state index is -0.605. The summed E-state index contributed by atoms with van der Waals surface area (Å²) >= 11 is 0. The van der Waals surface area contributed by atoms with E-state index in [-0.39, 0.29) is 25.5 Å². The Bertz CT molecular complexity index is 824. The van der Waals surface area contributed by atoms with Crippen molar-refractivity contribution in [2.45, 2.75) is 51.9 Å². The van der Waals surface area contributed by atoms with Crippen LogP contribution >= 0.6 is 0 Å². The van der Waals surface area contributed by atoms with Crippen LogP contribution in [0.5, 0.6) is 0 Å². The number of rotatable bonds is 11. The van der Waals surface area contributed by atoms with Crippen LogP contribution in [0.3, 0.4) is 0 Å². The molecule has 8 nitrogen and oxygen atoms in total. The van der Waals surface area contributed by atoms with E-state index in [0.717, 1.165) is 11.1 Å². The predicted molar refractivity (Wildman–Crippen MR) is 114 cm³/mol. The Balaban J connectivity index is 1.62. The number of nitrogens with one attached hydrogen (secondary N) is 1. The highest BCUT2D eigenvalue weighted by Crippen LogP contribution is 2.15. The third kappa shape index (κ3) is 9.13. The zero-order valence-corrected chi connectivity index (χ0v) is 18.5. The van der Waals surface area contributed by atoms with Crippen molar-refractivity contribution in [3.63, 3.8) is 0 Å². The molecule has 1 amide bonds. The number of pyridine rings is 2. The fourth-order valence-electron chi connectivity index (χ4n) is 2.92. The molecule has 0 aromatic carbocycles. The second-order valence-corrected chi connectivity index (χ2v) is 7.49. The molecule has 8 heteroatoms. The molecular weight excluding hydrogens is 398 g/mol.